The highest BCUT2D eigenvalue weighted by Gasteiger charge is 2.17. The van der Waals surface area contributed by atoms with Crippen LogP contribution in [-0.2, 0) is 19.1 Å². The van der Waals surface area contributed by atoms with Crippen molar-refractivity contribution in [3.05, 3.63) is 53.6 Å². The van der Waals surface area contributed by atoms with Gasteiger partial charge in [-0.05, 0) is 42.5 Å². The van der Waals surface area contributed by atoms with Gasteiger partial charge in [-0.25, -0.2) is 9.59 Å². The molecule has 0 unspecified atom stereocenters. The van der Waals surface area contributed by atoms with Gasteiger partial charge in [0.2, 0.25) is 5.91 Å². The second kappa shape index (κ2) is 9.88. The van der Waals surface area contributed by atoms with E-state index in [-0.39, 0.29) is 29.3 Å². The van der Waals surface area contributed by atoms with Crippen molar-refractivity contribution >= 4 is 35.1 Å². The van der Waals surface area contributed by atoms with Crippen molar-refractivity contribution in [2.75, 3.05) is 31.5 Å². The highest BCUT2D eigenvalue weighted by molar-refractivity contribution is 6.03. The molecule has 0 atom stereocenters. The minimum Gasteiger partial charge on any atom is -0.484 e. The Balaban J connectivity index is 2.07. The lowest BCUT2D eigenvalue weighted by atomic mass is 10.1. The first-order valence-corrected chi connectivity index (χ1v) is 8.45. The molecule has 0 saturated heterocycles. The number of anilines is 2. The third-order valence-electron chi connectivity index (χ3n) is 3.66. The summed E-state index contributed by atoms with van der Waals surface area (Å²) < 4.78 is 14.7. The maximum Gasteiger partial charge on any atom is 0.339 e. The molecule has 2 N–H and O–H groups in total. The van der Waals surface area contributed by atoms with Gasteiger partial charge in [-0.2, -0.15) is 0 Å². The van der Waals surface area contributed by atoms with Crippen LogP contribution in [0.5, 0.6) is 5.75 Å². The number of nitrogens with one attached hydrogen (secondary N) is 2. The molecular weight excluding hydrogens is 380 g/mol. The van der Waals surface area contributed by atoms with Crippen molar-refractivity contribution in [2.24, 2.45) is 0 Å². The molecule has 152 valence electrons. The summed E-state index contributed by atoms with van der Waals surface area (Å²) in [6.07, 6.45) is 0. The number of benzene rings is 2. The smallest absolute Gasteiger partial charge is 0.339 e. The van der Waals surface area contributed by atoms with Crippen molar-refractivity contribution in [1.29, 1.82) is 0 Å². The first kappa shape index (κ1) is 21.4. The van der Waals surface area contributed by atoms with Crippen LogP contribution in [0.25, 0.3) is 0 Å². The molecule has 2 aromatic rings. The highest BCUT2D eigenvalue weighted by atomic mass is 16.5. The lowest BCUT2D eigenvalue weighted by molar-refractivity contribution is -0.118. The fourth-order valence-electron chi connectivity index (χ4n) is 2.35. The van der Waals surface area contributed by atoms with Crippen LogP contribution < -0.4 is 15.4 Å². The van der Waals surface area contributed by atoms with Gasteiger partial charge in [0.25, 0.3) is 5.91 Å². The Bertz CT molecular complexity index is 923. The van der Waals surface area contributed by atoms with Gasteiger partial charge < -0.3 is 24.8 Å². The number of carbonyl (C=O) groups is 4. The van der Waals surface area contributed by atoms with E-state index in [1.807, 2.05) is 0 Å². The third-order valence-corrected chi connectivity index (χ3v) is 3.66. The standard InChI is InChI=1S/C20H20N2O7/c1-12(23)21-14-5-7-15(8-6-14)29-11-18(24)22-17-10-13(19(25)27-2)4-9-16(17)20(26)28-3/h4-10H,11H2,1-3H3,(H,21,23)(H,22,24). The van der Waals surface area contributed by atoms with Crippen LogP contribution in [0.15, 0.2) is 42.5 Å². The summed E-state index contributed by atoms with van der Waals surface area (Å²) in [7, 11) is 2.43. The number of carbonyl (C=O) groups excluding carboxylic acids is 4. The van der Waals surface area contributed by atoms with Crippen molar-refractivity contribution < 1.29 is 33.4 Å². The molecule has 2 rings (SSSR count). The summed E-state index contributed by atoms with van der Waals surface area (Å²) in [5.74, 6) is -1.64. The van der Waals surface area contributed by atoms with E-state index in [0.717, 1.165) is 0 Å². The number of amides is 2. The van der Waals surface area contributed by atoms with Gasteiger partial charge in [0.1, 0.15) is 5.75 Å². The fraction of sp³-hybridized carbons (Fsp3) is 0.200. The second-order valence-electron chi connectivity index (χ2n) is 5.79. The van der Waals surface area contributed by atoms with Crippen molar-refractivity contribution in [3.8, 4) is 5.75 Å². The molecule has 2 aromatic carbocycles. The molecule has 0 spiro atoms. The maximum atomic E-state index is 12.3. The van der Waals surface area contributed by atoms with Crippen LogP contribution in [0.4, 0.5) is 11.4 Å². The van der Waals surface area contributed by atoms with E-state index in [0.29, 0.717) is 11.4 Å². The average molecular weight is 400 g/mol. The number of esters is 2. The van der Waals surface area contributed by atoms with E-state index >= 15 is 0 Å². The Kier molecular flexibility index (Phi) is 7.30. The van der Waals surface area contributed by atoms with E-state index in [4.69, 9.17) is 4.74 Å². The Hall–Kier alpha value is -3.88. The molecule has 0 heterocycles. The van der Waals surface area contributed by atoms with Crippen LogP contribution >= 0.6 is 0 Å². The molecule has 0 aliphatic carbocycles. The molecule has 0 bridgehead atoms. The first-order valence-electron chi connectivity index (χ1n) is 8.45. The van der Waals surface area contributed by atoms with Gasteiger partial charge in [0, 0.05) is 12.6 Å². The molecule has 0 radical (unpaired) electrons. The lowest BCUT2D eigenvalue weighted by Crippen LogP contribution is -2.22. The monoisotopic (exact) mass is 400 g/mol. The third kappa shape index (κ3) is 6.06. The van der Waals surface area contributed by atoms with E-state index in [2.05, 4.69) is 20.1 Å². The van der Waals surface area contributed by atoms with Gasteiger partial charge >= 0.3 is 11.9 Å². The maximum absolute atomic E-state index is 12.3. The van der Waals surface area contributed by atoms with E-state index < -0.39 is 17.8 Å². The quantitative estimate of drug-likeness (QED) is 0.684. The van der Waals surface area contributed by atoms with Gasteiger partial charge in [0.05, 0.1) is 31.0 Å². The van der Waals surface area contributed by atoms with E-state index in [9.17, 15) is 19.2 Å². The Morgan fingerprint density at radius 2 is 1.52 bits per heavy atom. The molecular formula is C20H20N2O7. The summed E-state index contributed by atoms with van der Waals surface area (Å²) in [5, 5.41) is 5.14. The zero-order valence-electron chi connectivity index (χ0n) is 16.1. The van der Waals surface area contributed by atoms with Gasteiger partial charge in [0.15, 0.2) is 6.61 Å². The topological polar surface area (TPSA) is 120 Å². The summed E-state index contributed by atoms with van der Waals surface area (Å²) in [6.45, 7) is 1.05. The number of methoxy groups -OCH3 is 2. The number of hydrogen-bond acceptors (Lipinski definition) is 7. The summed E-state index contributed by atoms with van der Waals surface area (Å²) in [4.78, 5) is 46.9. The normalized spacial score (nSPS) is 9.90. The van der Waals surface area contributed by atoms with Crippen molar-refractivity contribution in [3.63, 3.8) is 0 Å². The molecule has 29 heavy (non-hydrogen) atoms. The van der Waals surface area contributed by atoms with Crippen LogP contribution in [0.3, 0.4) is 0 Å². The van der Waals surface area contributed by atoms with E-state index in [1.165, 1.54) is 39.3 Å². The molecule has 9 heteroatoms. The minimum atomic E-state index is -0.675. The number of rotatable bonds is 7. The molecule has 0 aliphatic heterocycles. The van der Waals surface area contributed by atoms with Gasteiger partial charge in [-0.1, -0.05) is 0 Å². The fourth-order valence-corrected chi connectivity index (χ4v) is 2.35. The summed E-state index contributed by atoms with van der Waals surface area (Å²) >= 11 is 0. The SMILES string of the molecule is COC(=O)c1ccc(C(=O)OC)c(NC(=O)COc2ccc(NC(C)=O)cc2)c1. The van der Waals surface area contributed by atoms with Crippen LogP contribution in [0.2, 0.25) is 0 Å². The minimum absolute atomic E-state index is 0.0770. The Morgan fingerprint density at radius 3 is 2.10 bits per heavy atom. The van der Waals surface area contributed by atoms with Crippen LogP contribution in [-0.4, -0.2) is 44.6 Å². The number of hydrogen-bond donors (Lipinski definition) is 2. The average Bonchev–Trinajstić information content (AvgIpc) is 2.71. The van der Waals surface area contributed by atoms with Crippen molar-refractivity contribution in [1.82, 2.24) is 0 Å². The zero-order chi connectivity index (χ0) is 21.4. The zero-order valence-corrected chi connectivity index (χ0v) is 16.1. The van der Waals surface area contributed by atoms with Gasteiger partial charge in [-0.3, -0.25) is 9.59 Å². The Morgan fingerprint density at radius 1 is 0.862 bits per heavy atom. The van der Waals surface area contributed by atoms with Crippen LogP contribution in [0.1, 0.15) is 27.6 Å². The number of ether oxygens (including phenoxy) is 3. The highest BCUT2D eigenvalue weighted by Crippen LogP contribution is 2.20. The predicted octanol–water partition coefficient (Wildman–Crippen LogP) is 2.24. The molecule has 0 aliphatic rings. The lowest BCUT2D eigenvalue weighted by Gasteiger charge is -2.12. The van der Waals surface area contributed by atoms with Gasteiger partial charge in [-0.15, -0.1) is 0 Å². The summed E-state index contributed by atoms with van der Waals surface area (Å²) in [5.41, 5.74) is 0.920. The molecule has 0 fully saturated rings. The molecule has 9 nitrogen and oxygen atoms in total. The second-order valence-corrected chi connectivity index (χ2v) is 5.79. The van der Waals surface area contributed by atoms with Crippen molar-refractivity contribution in [2.45, 2.75) is 6.92 Å². The van der Waals surface area contributed by atoms with E-state index in [1.54, 1.807) is 24.3 Å². The predicted molar refractivity (Wildman–Crippen MR) is 104 cm³/mol. The molecule has 0 aromatic heterocycles. The molecule has 0 saturated carbocycles. The Labute approximate surface area is 166 Å². The first-order chi connectivity index (χ1) is 13.8. The largest absolute Gasteiger partial charge is 0.484 e. The summed E-state index contributed by atoms with van der Waals surface area (Å²) in [6, 6.07) is 10.5. The van der Waals surface area contributed by atoms with Crippen LogP contribution in [0, 0.1) is 0 Å². The molecule has 2 amide bonds.